The van der Waals surface area contributed by atoms with Gasteiger partial charge < -0.3 is 15.1 Å². The lowest BCUT2D eigenvalue weighted by Crippen LogP contribution is -2.43. The van der Waals surface area contributed by atoms with Crippen molar-refractivity contribution in [2.75, 3.05) is 40.8 Å². The Kier molecular flexibility index (Phi) is 6.66. The summed E-state index contributed by atoms with van der Waals surface area (Å²) in [7, 11) is 8.06. The van der Waals surface area contributed by atoms with Gasteiger partial charge in [-0.25, -0.2) is 0 Å². The summed E-state index contributed by atoms with van der Waals surface area (Å²) < 4.78 is 1.86. The maximum Gasteiger partial charge on any atom is 0.193 e. The molecule has 0 amide bonds. The molecule has 1 N–H and O–H groups in total. The molecule has 0 bridgehead atoms. The molecule has 1 aromatic rings. The van der Waals surface area contributed by atoms with Crippen LogP contribution in [0.5, 0.6) is 0 Å². The van der Waals surface area contributed by atoms with Gasteiger partial charge in [0.05, 0.1) is 12.2 Å². The lowest BCUT2D eigenvalue weighted by Gasteiger charge is -2.27. The smallest absolute Gasteiger partial charge is 0.193 e. The van der Waals surface area contributed by atoms with Gasteiger partial charge in [0.15, 0.2) is 5.96 Å². The zero-order chi connectivity index (χ0) is 17.7. The number of hydrogen-bond donors (Lipinski definition) is 1. The van der Waals surface area contributed by atoms with Crippen molar-refractivity contribution in [3.05, 3.63) is 18.0 Å². The van der Waals surface area contributed by atoms with Crippen LogP contribution >= 0.6 is 0 Å². The summed E-state index contributed by atoms with van der Waals surface area (Å²) in [5.74, 6) is 2.59. The summed E-state index contributed by atoms with van der Waals surface area (Å²) in [6, 6.07) is 0.282. The van der Waals surface area contributed by atoms with Crippen molar-refractivity contribution >= 4 is 5.96 Å². The van der Waals surface area contributed by atoms with Crippen LogP contribution in [0.25, 0.3) is 0 Å². The first-order valence-electron chi connectivity index (χ1n) is 9.01. The number of nitrogens with zero attached hydrogens (tertiary/aromatic N) is 5. The van der Waals surface area contributed by atoms with E-state index in [0.29, 0.717) is 0 Å². The van der Waals surface area contributed by atoms with E-state index in [1.54, 1.807) is 0 Å². The SMILES string of the molecule is CN=C(NCC(c1cnn(C)c1)N(C)C)N1CCC(CC(C)C)C1. The van der Waals surface area contributed by atoms with E-state index < -0.39 is 0 Å². The van der Waals surface area contributed by atoms with E-state index in [0.717, 1.165) is 37.4 Å². The standard InChI is InChI=1S/C18H34N6/c1-14(2)9-15-7-8-24(12-15)18(19-3)20-11-17(22(4)5)16-10-21-23(6)13-16/h10,13-15,17H,7-9,11-12H2,1-6H3,(H,19,20). The number of nitrogens with one attached hydrogen (secondary N) is 1. The predicted octanol–water partition coefficient (Wildman–Crippen LogP) is 1.97. The van der Waals surface area contributed by atoms with E-state index in [4.69, 9.17) is 0 Å². The van der Waals surface area contributed by atoms with Crippen molar-refractivity contribution in [2.24, 2.45) is 23.9 Å². The van der Waals surface area contributed by atoms with Gasteiger partial charge in [-0.15, -0.1) is 0 Å². The largest absolute Gasteiger partial charge is 0.354 e. The minimum atomic E-state index is 0.282. The summed E-state index contributed by atoms with van der Waals surface area (Å²) >= 11 is 0. The number of likely N-dealkylation sites (N-methyl/N-ethyl adjacent to an activating group) is 1. The Morgan fingerprint density at radius 2 is 2.21 bits per heavy atom. The molecule has 6 nitrogen and oxygen atoms in total. The number of aliphatic imine (C=N–C) groups is 1. The average molecular weight is 335 g/mol. The van der Waals surface area contributed by atoms with E-state index in [1.807, 2.05) is 25.0 Å². The van der Waals surface area contributed by atoms with Crippen molar-refractivity contribution in [3.8, 4) is 0 Å². The lowest BCUT2D eigenvalue weighted by molar-refractivity contribution is 0.295. The molecule has 2 unspecified atom stereocenters. The van der Waals surface area contributed by atoms with Gasteiger partial charge in [0.2, 0.25) is 0 Å². The summed E-state index contributed by atoms with van der Waals surface area (Å²) in [5, 5.41) is 7.88. The van der Waals surface area contributed by atoms with E-state index >= 15 is 0 Å². The minimum Gasteiger partial charge on any atom is -0.354 e. The van der Waals surface area contributed by atoms with Gasteiger partial charge in [0.1, 0.15) is 0 Å². The number of hydrogen-bond acceptors (Lipinski definition) is 3. The van der Waals surface area contributed by atoms with Crippen molar-refractivity contribution in [1.82, 2.24) is 24.9 Å². The number of guanidine groups is 1. The molecule has 24 heavy (non-hydrogen) atoms. The Hall–Kier alpha value is -1.56. The fourth-order valence-corrected chi connectivity index (χ4v) is 3.62. The first-order chi connectivity index (χ1) is 11.4. The average Bonchev–Trinajstić information content (AvgIpc) is 3.12. The molecular weight excluding hydrogens is 300 g/mol. The Balaban J connectivity index is 1.93. The molecule has 1 fully saturated rings. The highest BCUT2D eigenvalue weighted by Gasteiger charge is 2.26. The second kappa shape index (κ2) is 8.51. The van der Waals surface area contributed by atoms with Crippen molar-refractivity contribution in [1.29, 1.82) is 0 Å². The van der Waals surface area contributed by atoms with Crippen LogP contribution in [-0.2, 0) is 7.05 Å². The van der Waals surface area contributed by atoms with Crippen LogP contribution in [0.2, 0.25) is 0 Å². The molecule has 1 aliphatic rings. The molecule has 2 rings (SSSR count). The molecule has 0 radical (unpaired) electrons. The molecule has 136 valence electrons. The number of rotatable bonds is 6. The molecule has 0 aliphatic carbocycles. The van der Waals surface area contributed by atoms with Crippen LogP contribution in [0.4, 0.5) is 0 Å². The van der Waals surface area contributed by atoms with Crippen LogP contribution < -0.4 is 5.32 Å². The van der Waals surface area contributed by atoms with Gasteiger partial charge in [0.25, 0.3) is 0 Å². The summed E-state index contributed by atoms with van der Waals surface area (Å²) in [4.78, 5) is 9.14. The topological polar surface area (TPSA) is 48.7 Å². The second-order valence-electron chi connectivity index (χ2n) is 7.59. The van der Waals surface area contributed by atoms with Gasteiger partial charge in [0, 0.05) is 45.5 Å². The molecule has 1 aromatic heterocycles. The quantitative estimate of drug-likeness (QED) is 0.638. The molecule has 1 aliphatic heterocycles. The third-order valence-electron chi connectivity index (χ3n) is 4.79. The molecule has 0 aromatic carbocycles. The Labute approximate surface area is 146 Å². The zero-order valence-corrected chi connectivity index (χ0v) is 16.2. The molecule has 2 heterocycles. The van der Waals surface area contributed by atoms with Crippen LogP contribution in [-0.4, -0.2) is 66.3 Å². The highest BCUT2D eigenvalue weighted by molar-refractivity contribution is 5.80. The predicted molar refractivity (Wildman–Crippen MR) is 100 cm³/mol. The summed E-state index contributed by atoms with van der Waals surface area (Å²) in [5.41, 5.74) is 1.23. The van der Waals surface area contributed by atoms with Crippen LogP contribution in [0.1, 0.15) is 38.3 Å². The van der Waals surface area contributed by atoms with Crippen molar-refractivity contribution < 1.29 is 0 Å². The van der Waals surface area contributed by atoms with E-state index in [9.17, 15) is 0 Å². The Bertz CT molecular complexity index is 533. The van der Waals surface area contributed by atoms with Gasteiger partial charge in [-0.05, 0) is 38.8 Å². The summed E-state index contributed by atoms with van der Waals surface area (Å²) in [6.07, 6.45) is 6.62. The molecule has 1 saturated heterocycles. The van der Waals surface area contributed by atoms with E-state index in [1.165, 1.54) is 18.4 Å². The minimum absolute atomic E-state index is 0.282. The van der Waals surface area contributed by atoms with Gasteiger partial charge >= 0.3 is 0 Å². The van der Waals surface area contributed by atoms with Crippen LogP contribution in [0.15, 0.2) is 17.4 Å². The molecule has 6 heteroatoms. The molecular formula is C18H34N6. The Morgan fingerprint density at radius 3 is 2.75 bits per heavy atom. The number of likely N-dealkylation sites (tertiary alicyclic amines) is 1. The van der Waals surface area contributed by atoms with Crippen LogP contribution in [0, 0.1) is 11.8 Å². The summed E-state index contributed by atoms with van der Waals surface area (Å²) in [6.45, 7) is 7.68. The fourth-order valence-electron chi connectivity index (χ4n) is 3.62. The highest BCUT2D eigenvalue weighted by atomic mass is 15.3. The highest BCUT2D eigenvalue weighted by Crippen LogP contribution is 2.23. The molecule has 0 spiro atoms. The zero-order valence-electron chi connectivity index (χ0n) is 16.2. The van der Waals surface area contributed by atoms with E-state index in [-0.39, 0.29) is 6.04 Å². The first kappa shape index (κ1) is 18.8. The van der Waals surface area contributed by atoms with Crippen molar-refractivity contribution in [3.63, 3.8) is 0 Å². The van der Waals surface area contributed by atoms with Gasteiger partial charge in [-0.2, -0.15) is 5.10 Å². The maximum atomic E-state index is 4.51. The van der Waals surface area contributed by atoms with Crippen LogP contribution in [0.3, 0.4) is 0 Å². The first-order valence-corrected chi connectivity index (χ1v) is 9.01. The molecule has 2 atom stereocenters. The maximum absolute atomic E-state index is 4.51. The monoisotopic (exact) mass is 334 g/mol. The fraction of sp³-hybridized carbons (Fsp3) is 0.778. The van der Waals surface area contributed by atoms with Gasteiger partial charge in [-0.3, -0.25) is 9.67 Å². The second-order valence-corrected chi connectivity index (χ2v) is 7.59. The number of aryl methyl sites for hydroxylation is 1. The third kappa shape index (κ3) is 4.97. The Morgan fingerprint density at radius 1 is 1.46 bits per heavy atom. The van der Waals surface area contributed by atoms with Gasteiger partial charge in [-0.1, -0.05) is 13.8 Å². The van der Waals surface area contributed by atoms with E-state index in [2.05, 4.69) is 59.3 Å². The normalized spacial score (nSPS) is 20.2. The van der Waals surface area contributed by atoms with Crippen molar-refractivity contribution in [2.45, 2.75) is 32.7 Å². The number of aromatic nitrogens is 2. The molecule has 0 saturated carbocycles. The third-order valence-corrected chi connectivity index (χ3v) is 4.79. The lowest BCUT2D eigenvalue weighted by atomic mass is 9.97.